The highest BCUT2D eigenvalue weighted by atomic mass is 32.2. The smallest absolute Gasteiger partial charge is 0.153 e. The van der Waals surface area contributed by atoms with Gasteiger partial charge in [0, 0.05) is 30.7 Å². The first-order chi connectivity index (χ1) is 7.48. The van der Waals surface area contributed by atoms with Gasteiger partial charge in [-0.25, -0.2) is 8.42 Å². The summed E-state index contributed by atoms with van der Waals surface area (Å²) >= 11 is 1.17. The molecule has 1 aliphatic rings. The standard InChI is InChI=1S/C8H14N4O2S2/c1-6-5-16(13,14)3-2-12(6)4-7-8(9)15-11-10-7/h6H,2-5,9H2,1H3. The lowest BCUT2D eigenvalue weighted by atomic mass is 10.3. The van der Waals surface area contributed by atoms with Gasteiger partial charge in [-0.1, -0.05) is 4.49 Å². The molecule has 0 aliphatic carbocycles. The van der Waals surface area contributed by atoms with Crippen LogP contribution in [0, 0.1) is 0 Å². The lowest BCUT2D eigenvalue weighted by Crippen LogP contribution is -2.46. The molecule has 1 aromatic rings. The van der Waals surface area contributed by atoms with Crippen molar-refractivity contribution >= 4 is 26.4 Å². The van der Waals surface area contributed by atoms with E-state index in [-0.39, 0.29) is 17.5 Å². The van der Waals surface area contributed by atoms with Gasteiger partial charge in [0.15, 0.2) is 9.84 Å². The van der Waals surface area contributed by atoms with Gasteiger partial charge in [0.25, 0.3) is 0 Å². The molecule has 8 heteroatoms. The third-order valence-electron chi connectivity index (χ3n) is 2.75. The SMILES string of the molecule is CC1CS(=O)(=O)CCN1Cc1nnsc1N. The van der Waals surface area contributed by atoms with Crippen LogP contribution in [-0.2, 0) is 16.4 Å². The van der Waals surface area contributed by atoms with E-state index in [1.54, 1.807) is 0 Å². The molecule has 90 valence electrons. The van der Waals surface area contributed by atoms with Crippen molar-refractivity contribution < 1.29 is 8.42 Å². The molecule has 1 unspecified atom stereocenters. The van der Waals surface area contributed by atoms with Gasteiger partial charge in [0.2, 0.25) is 0 Å². The van der Waals surface area contributed by atoms with E-state index in [1.807, 2.05) is 6.92 Å². The van der Waals surface area contributed by atoms with Crippen LogP contribution in [0.1, 0.15) is 12.6 Å². The molecule has 2 rings (SSSR count). The van der Waals surface area contributed by atoms with Crippen molar-refractivity contribution in [3.05, 3.63) is 5.69 Å². The van der Waals surface area contributed by atoms with E-state index >= 15 is 0 Å². The molecule has 1 saturated heterocycles. The summed E-state index contributed by atoms with van der Waals surface area (Å²) in [5.74, 6) is 0.430. The van der Waals surface area contributed by atoms with Gasteiger partial charge in [0.1, 0.15) is 10.7 Å². The maximum Gasteiger partial charge on any atom is 0.153 e. The Labute approximate surface area is 98.5 Å². The Hall–Kier alpha value is -0.730. The van der Waals surface area contributed by atoms with E-state index in [2.05, 4.69) is 14.5 Å². The maximum atomic E-state index is 11.4. The first-order valence-corrected chi connectivity index (χ1v) is 7.58. The summed E-state index contributed by atoms with van der Waals surface area (Å²) in [6.07, 6.45) is 0. The van der Waals surface area contributed by atoms with Crippen LogP contribution in [0.2, 0.25) is 0 Å². The van der Waals surface area contributed by atoms with Crippen LogP contribution in [-0.4, -0.2) is 47.0 Å². The van der Waals surface area contributed by atoms with E-state index < -0.39 is 9.84 Å². The van der Waals surface area contributed by atoms with Crippen LogP contribution < -0.4 is 5.73 Å². The van der Waals surface area contributed by atoms with Crippen molar-refractivity contribution in [1.82, 2.24) is 14.5 Å². The number of sulfone groups is 1. The molecule has 0 amide bonds. The zero-order valence-corrected chi connectivity index (χ0v) is 10.6. The second kappa shape index (κ2) is 4.27. The molecule has 1 aliphatic heterocycles. The molecule has 0 radical (unpaired) electrons. The minimum Gasteiger partial charge on any atom is -0.388 e. The van der Waals surface area contributed by atoms with Crippen LogP contribution in [0.4, 0.5) is 5.00 Å². The van der Waals surface area contributed by atoms with Gasteiger partial charge >= 0.3 is 0 Å². The molecule has 2 N–H and O–H groups in total. The normalized spacial score (nSPS) is 25.7. The molecular formula is C8H14N4O2S2. The van der Waals surface area contributed by atoms with Crippen molar-refractivity contribution in [3.8, 4) is 0 Å². The Bertz CT molecular complexity index is 470. The van der Waals surface area contributed by atoms with E-state index in [9.17, 15) is 8.42 Å². The van der Waals surface area contributed by atoms with E-state index in [0.717, 1.165) is 5.69 Å². The lowest BCUT2D eigenvalue weighted by molar-refractivity contribution is 0.216. The quantitative estimate of drug-likeness (QED) is 0.790. The van der Waals surface area contributed by atoms with Gasteiger partial charge in [-0.3, -0.25) is 4.90 Å². The van der Waals surface area contributed by atoms with Crippen LogP contribution in [0.25, 0.3) is 0 Å². The third kappa shape index (κ3) is 2.50. The van der Waals surface area contributed by atoms with E-state index in [1.165, 1.54) is 11.5 Å². The number of hydrogen-bond acceptors (Lipinski definition) is 7. The van der Waals surface area contributed by atoms with Gasteiger partial charge in [-0.2, -0.15) is 0 Å². The minimum absolute atomic E-state index is 0.0137. The number of aromatic nitrogens is 2. The summed E-state index contributed by atoms with van der Waals surface area (Å²) in [5.41, 5.74) is 6.45. The van der Waals surface area contributed by atoms with Gasteiger partial charge in [-0.05, 0) is 6.92 Å². The van der Waals surface area contributed by atoms with Crippen molar-refractivity contribution in [3.63, 3.8) is 0 Å². The van der Waals surface area contributed by atoms with Crippen LogP contribution in [0.3, 0.4) is 0 Å². The Balaban J connectivity index is 2.05. The Morgan fingerprint density at radius 1 is 1.62 bits per heavy atom. The van der Waals surface area contributed by atoms with Crippen molar-refractivity contribution in [2.75, 3.05) is 23.8 Å². The molecule has 0 bridgehead atoms. The first-order valence-electron chi connectivity index (χ1n) is 4.99. The number of anilines is 1. The summed E-state index contributed by atoms with van der Waals surface area (Å²) < 4.78 is 26.6. The van der Waals surface area contributed by atoms with Crippen LogP contribution in [0.15, 0.2) is 0 Å². The Morgan fingerprint density at radius 2 is 2.38 bits per heavy atom. The van der Waals surface area contributed by atoms with Crippen LogP contribution in [0.5, 0.6) is 0 Å². The Morgan fingerprint density at radius 3 is 2.94 bits per heavy atom. The molecule has 1 atom stereocenters. The number of rotatable bonds is 2. The summed E-state index contributed by atoms with van der Waals surface area (Å²) in [7, 11) is -2.86. The average molecular weight is 262 g/mol. The van der Waals surface area contributed by atoms with Gasteiger partial charge in [0.05, 0.1) is 11.5 Å². The molecule has 1 fully saturated rings. The highest BCUT2D eigenvalue weighted by molar-refractivity contribution is 7.91. The topological polar surface area (TPSA) is 89.2 Å². The van der Waals surface area contributed by atoms with Crippen molar-refractivity contribution in [2.45, 2.75) is 19.5 Å². The fraction of sp³-hybridized carbons (Fsp3) is 0.750. The maximum absolute atomic E-state index is 11.4. The zero-order chi connectivity index (χ0) is 11.8. The number of nitrogen functional groups attached to an aromatic ring is 1. The largest absolute Gasteiger partial charge is 0.388 e. The lowest BCUT2D eigenvalue weighted by Gasteiger charge is -2.32. The van der Waals surface area contributed by atoms with E-state index in [4.69, 9.17) is 5.73 Å². The molecule has 1 aromatic heterocycles. The minimum atomic E-state index is -2.86. The van der Waals surface area contributed by atoms with Gasteiger partial charge < -0.3 is 5.73 Å². The fourth-order valence-electron chi connectivity index (χ4n) is 1.79. The Kier molecular flexibility index (Phi) is 3.13. The molecule has 6 nitrogen and oxygen atoms in total. The fourth-order valence-corrected chi connectivity index (χ4v) is 3.85. The monoisotopic (exact) mass is 262 g/mol. The molecule has 0 spiro atoms. The molecule has 2 heterocycles. The highest BCUT2D eigenvalue weighted by Gasteiger charge is 2.28. The average Bonchev–Trinajstić information content (AvgIpc) is 2.56. The zero-order valence-electron chi connectivity index (χ0n) is 8.96. The number of nitrogens with zero attached hydrogens (tertiary/aromatic N) is 3. The first kappa shape index (κ1) is 11.7. The summed E-state index contributed by atoms with van der Waals surface area (Å²) in [6, 6.07) is 0.0137. The summed E-state index contributed by atoms with van der Waals surface area (Å²) in [5, 5.41) is 4.54. The van der Waals surface area contributed by atoms with Crippen molar-refractivity contribution in [2.24, 2.45) is 0 Å². The molecule has 16 heavy (non-hydrogen) atoms. The highest BCUT2D eigenvalue weighted by Crippen LogP contribution is 2.19. The van der Waals surface area contributed by atoms with Crippen molar-refractivity contribution in [1.29, 1.82) is 0 Å². The number of hydrogen-bond donors (Lipinski definition) is 1. The van der Waals surface area contributed by atoms with E-state index in [0.29, 0.717) is 18.1 Å². The molecule has 0 saturated carbocycles. The predicted molar refractivity (Wildman–Crippen MR) is 62.8 cm³/mol. The summed E-state index contributed by atoms with van der Waals surface area (Å²) in [4.78, 5) is 2.08. The second-order valence-corrected chi connectivity index (χ2v) is 7.03. The predicted octanol–water partition coefficient (Wildman–Crippen LogP) is -0.261. The van der Waals surface area contributed by atoms with Crippen LogP contribution >= 0.6 is 11.5 Å². The number of nitrogens with two attached hydrogens (primary N) is 1. The summed E-state index contributed by atoms with van der Waals surface area (Å²) in [6.45, 7) is 3.03. The van der Waals surface area contributed by atoms with Gasteiger partial charge in [-0.15, -0.1) is 5.10 Å². The molecule has 0 aromatic carbocycles. The second-order valence-electron chi connectivity index (χ2n) is 4.02. The molecular weight excluding hydrogens is 248 g/mol. The third-order valence-corrected chi connectivity index (χ3v) is 5.14.